The Morgan fingerprint density at radius 2 is 1.95 bits per heavy atom. The lowest BCUT2D eigenvalue weighted by molar-refractivity contribution is 0.273. The molecule has 1 aliphatic rings. The van der Waals surface area contributed by atoms with Crippen molar-refractivity contribution in [3.05, 3.63) is 34.9 Å². The highest BCUT2D eigenvalue weighted by Gasteiger charge is 2.18. The fraction of sp³-hybridized carbons (Fsp3) is 0.562. The van der Waals surface area contributed by atoms with E-state index < -0.39 is 0 Å². The Kier molecular flexibility index (Phi) is 5.72. The summed E-state index contributed by atoms with van der Waals surface area (Å²) in [4.78, 5) is 6.76. The van der Waals surface area contributed by atoms with Gasteiger partial charge in [-0.25, -0.2) is 0 Å². The Balaban J connectivity index is 1.78. The highest BCUT2D eigenvalue weighted by atomic mass is 35.5. The lowest BCUT2D eigenvalue weighted by atomic mass is 10.00. The number of aliphatic imine (C=N–C) groups is 1. The van der Waals surface area contributed by atoms with Crippen LogP contribution in [0.15, 0.2) is 29.3 Å². The summed E-state index contributed by atoms with van der Waals surface area (Å²) in [6.07, 6.45) is 3.51. The Morgan fingerprint density at radius 1 is 1.30 bits per heavy atom. The quantitative estimate of drug-likeness (QED) is 0.685. The second-order valence-corrected chi connectivity index (χ2v) is 5.96. The standard InChI is InChI=1S/C16H24ClN3/c1-13-8-11-20(12-9-13)16(18-2)19-10-7-14-3-5-15(17)6-4-14/h3-6,13H,7-12H2,1-2H3,(H,18,19). The van der Waals surface area contributed by atoms with Crippen LogP contribution in [0.2, 0.25) is 5.02 Å². The zero-order valence-electron chi connectivity index (χ0n) is 12.4. The number of hydrogen-bond acceptors (Lipinski definition) is 1. The molecule has 1 aromatic rings. The third kappa shape index (κ3) is 4.41. The fourth-order valence-electron chi connectivity index (χ4n) is 2.52. The molecule has 0 radical (unpaired) electrons. The first kappa shape index (κ1) is 15.2. The van der Waals surface area contributed by atoms with Gasteiger partial charge in [-0.05, 0) is 42.9 Å². The van der Waals surface area contributed by atoms with E-state index in [0.29, 0.717) is 0 Å². The largest absolute Gasteiger partial charge is 0.356 e. The van der Waals surface area contributed by atoms with Crippen LogP contribution in [0.3, 0.4) is 0 Å². The van der Waals surface area contributed by atoms with Gasteiger partial charge in [-0.1, -0.05) is 30.7 Å². The van der Waals surface area contributed by atoms with E-state index in [1.165, 1.54) is 18.4 Å². The molecule has 1 aromatic carbocycles. The lowest BCUT2D eigenvalue weighted by Gasteiger charge is -2.32. The molecule has 3 nitrogen and oxygen atoms in total. The summed E-state index contributed by atoms with van der Waals surface area (Å²) in [5.41, 5.74) is 1.30. The molecular formula is C16H24ClN3. The minimum atomic E-state index is 0.792. The normalized spacial score (nSPS) is 17.4. The molecule has 0 spiro atoms. The molecule has 20 heavy (non-hydrogen) atoms. The number of nitrogens with zero attached hydrogens (tertiary/aromatic N) is 2. The molecule has 1 heterocycles. The van der Waals surface area contributed by atoms with Gasteiger partial charge in [0.05, 0.1) is 0 Å². The van der Waals surface area contributed by atoms with Crippen molar-refractivity contribution in [2.75, 3.05) is 26.7 Å². The molecule has 4 heteroatoms. The molecule has 1 fully saturated rings. The number of guanidine groups is 1. The number of piperidine rings is 1. The smallest absolute Gasteiger partial charge is 0.193 e. The molecule has 0 bridgehead atoms. The van der Waals surface area contributed by atoms with Crippen LogP contribution in [0.25, 0.3) is 0 Å². The summed E-state index contributed by atoms with van der Waals surface area (Å²) in [5.74, 6) is 1.88. The summed E-state index contributed by atoms with van der Waals surface area (Å²) in [6.45, 7) is 5.46. The van der Waals surface area contributed by atoms with Gasteiger partial charge in [-0.15, -0.1) is 0 Å². The van der Waals surface area contributed by atoms with Crippen LogP contribution in [0.4, 0.5) is 0 Å². The van der Waals surface area contributed by atoms with Crippen molar-refractivity contribution in [1.82, 2.24) is 10.2 Å². The summed E-state index contributed by atoms with van der Waals surface area (Å²) in [5, 5.41) is 4.25. The van der Waals surface area contributed by atoms with Crippen molar-refractivity contribution < 1.29 is 0 Å². The maximum Gasteiger partial charge on any atom is 0.193 e. The highest BCUT2D eigenvalue weighted by Crippen LogP contribution is 2.15. The van der Waals surface area contributed by atoms with E-state index in [-0.39, 0.29) is 0 Å². The Hall–Kier alpha value is -1.22. The van der Waals surface area contributed by atoms with Crippen molar-refractivity contribution in [3.8, 4) is 0 Å². The first-order valence-electron chi connectivity index (χ1n) is 7.39. The monoisotopic (exact) mass is 293 g/mol. The molecule has 1 aliphatic heterocycles. The molecule has 0 aliphatic carbocycles. The zero-order chi connectivity index (χ0) is 14.4. The van der Waals surface area contributed by atoms with Crippen LogP contribution in [-0.2, 0) is 6.42 Å². The van der Waals surface area contributed by atoms with Crippen LogP contribution >= 0.6 is 11.6 Å². The fourth-order valence-corrected chi connectivity index (χ4v) is 2.65. The van der Waals surface area contributed by atoms with E-state index >= 15 is 0 Å². The van der Waals surface area contributed by atoms with Gasteiger partial charge >= 0.3 is 0 Å². The van der Waals surface area contributed by atoms with Gasteiger partial charge in [0.15, 0.2) is 5.96 Å². The summed E-state index contributed by atoms with van der Waals surface area (Å²) in [6, 6.07) is 8.04. The average molecular weight is 294 g/mol. The maximum absolute atomic E-state index is 5.89. The predicted molar refractivity (Wildman–Crippen MR) is 86.5 cm³/mol. The molecule has 110 valence electrons. The lowest BCUT2D eigenvalue weighted by Crippen LogP contribution is -2.45. The van der Waals surface area contributed by atoms with Crippen LogP contribution < -0.4 is 5.32 Å². The van der Waals surface area contributed by atoms with Crippen molar-refractivity contribution in [2.24, 2.45) is 10.9 Å². The second-order valence-electron chi connectivity index (χ2n) is 5.52. The van der Waals surface area contributed by atoms with Gasteiger partial charge in [0, 0.05) is 31.7 Å². The first-order valence-corrected chi connectivity index (χ1v) is 7.77. The van der Waals surface area contributed by atoms with Crippen LogP contribution in [0.1, 0.15) is 25.3 Å². The first-order chi connectivity index (χ1) is 9.69. The summed E-state index contributed by atoms with van der Waals surface area (Å²) < 4.78 is 0. The highest BCUT2D eigenvalue weighted by molar-refractivity contribution is 6.30. The molecule has 2 rings (SSSR count). The van der Waals surface area contributed by atoms with Crippen LogP contribution in [0, 0.1) is 5.92 Å². The predicted octanol–water partition coefficient (Wildman–Crippen LogP) is 3.19. The van der Waals surface area contributed by atoms with E-state index in [4.69, 9.17) is 11.6 Å². The summed E-state index contributed by atoms with van der Waals surface area (Å²) in [7, 11) is 1.86. The van der Waals surface area contributed by atoms with E-state index in [2.05, 4.69) is 34.3 Å². The molecule has 0 aromatic heterocycles. The minimum Gasteiger partial charge on any atom is -0.356 e. The van der Waals surface area contributed by atoms with Crippen molar-refractivity contribution >= 4 is 17.6 Å². The number of rotatable bonds is 3. The van der Waals surface area contributed by atoms with E-state index in [9.17, 15) is 0 Å². The minimum absolute atomic E-state index is 0.792. The Bertz CT molecular complexity index is 434. The third-order valence-corrected chi connectivity index (χ3v) is 4.16. The van der Waals surface area contributed by atoms with Gasteiger partial charge in [0.25, 0.3) is 0 Å². The summed E-state index contributed by atoms with van der Waals surface area (Å²) >= 11 is 5.89. The van der Waals surface area contributed by atoms with Crippen LogP contribution in [0.5, 0.6) is 0 Å². The number of likely N-dealkylation sites (tertiary alicyclic amines) is 1. The molecule has 1 N–H and O–H groups in total. The molecule has 0 amide bonds. The second kappa shape index (κ2) is 7.53. The van der Waals surface area contributed by atoms with Gasteiger partial charge in [-0.3, -0.25) is 4.99 Å². The molecule has 0 atom stereocenters. The molecule has 1 saturated heterocycles. The molecule has 0 saturated carbocycles. The van der Waals surface area contributed by atoms with E-state index in [1.807, 2.05) is 19.2 Å². The Labute approximate surface area is 127 Å². The average Bonchev–Trinajstić information content (AvgIpc) is 2.47. The number of halogens is 1. The number of nitrogens with one attached hydrogen (secondary N) is 1. The number of benzene rings is 1. The van der Waals surface area contributed by atoms with Gasteiger partial charge in [0.2, 0.25) is 0 Å². The zero-order valence-corrected chi connectivity index (χ0v) is 13.2. The SMILES string of the molecule is CN=C(NCCc1ccc(Cl)cc1)N1CCC(C)CC1. The molecule has 0 unspecified atom stereocenters. The topological polar surface area (TPSA) is 27.6 Å². The Morgan fingerprint density at radius 3 is 2.55 bits per heavy atom. The van der Waals surface area contributed by atoms with Crippen molar-refractivity contribution in [3.63, 3.8) is 0 Å². The number of hydrogen-bond donors (Lipinski definition) is 1. The van der Waals surface area contributed by atoms with Gasteiger partial charge in [-0.2, -0.15) is 0 Å². The maximum atomic E-state index is 5.89. The van der Waals surface area contributed by atoms with Crippen molar-refractivity contribution in [1.29, 1.82) is 0 Å². The van der Waals surface area contributed by atoms with E-state index in [1.54, 1.807) is 0 Å². The van der Waals surface area contributed by atoms with Crippen molar-refractivity contribution in [2.45, 2.75) is 26.2 Å². The van der Waals surface area contributed by atoms with E-state index in [0.717, 1.165) is 43.0 Å². The third-order valence-electron chi connectivity index (χ3n) is 3.91. The van der Waals surface area contributed by atoms with Gasteiger partial charge < -0.3 is 10.2 Å². The van der Waals surface area contributed by atoms with Crippen LogP contribution in [-0.4, -0.2) is 37.5 Å². The molecular weight excluding hydrogens is 270 g/mol. The van der Waals surface area contributed by atoms with Gasteiger partial charge in [0.1, 0.15) is 0 Å².